The third-order valence-electron chi connectivity index (χ3n) is 5.48. The van der Waals surface area contributed by atoms with Crippen molar-refractivity contribution in [3.05, 3.63) is 42.0 Å². The number of likely N-dealkylation sites (tertiary alicyclic amines) is 1. The molecule has 2 aromatic carbocycles. The van der Waals surface area contributed by atoms with Gasteiger partial charge in [-0.3, -0.25) is 9.59 Å². The quantitative estimate of drug-likeness (QED) is 0.599. The van der Waals surface area contributed by atoms with Crippen LogP contribution in [0.5, 0.6) is 17.2 Å². The number of ether oxygens (including phenoxy) is 3. The van der Waals surface area contributed by atoms with Crippen LogP contribution >= 0.6 is 0 Å². The first-order valence-electron chi connectivity index (χ1n) is 10.3. The van der Waals surface area contributed by atoms with Gasteiger partial charge < -0.3 is 29.7 Å². The van der Waals surface area contributed by atoms with Crippen LogP contribution in [0.1, 0.15) is 31.4 Å². The van der Waals surface area contributed by atoms with E-state index in [0.717, 1.165) is 36.4 Å². The van der Waals surface area contributed by atoms with Gasteiger partial charge in [-0.05, 0) is 36.4 Å². The van der Waals surface area contributed by atoms with Crippen LogP contribution in [0.4, 0.5) is 11.4 Å². The first-order valence-corrected chi connectivity index (χ1v) is 10.3. The Balaban J connectivity index is 1.75. The second-order valence-electron chi connectivity index (χ2n) is 7.53. The molecule has 1 fully saturated rings. The summed E-state index contributed by atoms with van der Waals surface area (Å²) < 4.78 is 16.3. The number of nitrogens with one attached hydrogen (secondary N) is 3. The molecule has 0 radical (unpaired) electrons. The van der Waals surface area contributed by atoms with Crippen molar-refractivity contribution in [2.75, 3.05) is 45.1 Å². The molecule has 2 atom stereocenters. The lowest BCUT2D eigenvalue weighted by atomic mass is 10.0. The average Bonchev–Trinajstić information content (AvgIpc) is 3.20. The predicted octanol–water partition coefficient (Wildman–Crippen LogP) is 2.03. The van der Waals surface area contributed by atoms with Gasteiger partial charge in [0, 0.05) is 25.5 Å². The van der Waals surface area contributed by atoms with Crippen molar-refractivity contribution in [1.29, 1.82) is 0 Å². The third-order valence-corrected chi connectivity index (χ3v) is 5.48. The van der Waals surface area contributed by atoms with Crippen molar-refractivity contribution < 1.29 is 28.7 Å². The van der Waals surface area contributed by atoms with E-state index in [1.165, 1.54) is 11.8 Å². The highest BCUT2D eigenvalue weighted by atomic mass is 16.5. The van der Waals surface area contributed by atoms with E-state index in [2.05, 4.69) is 10.6 Å². The van der Waals surface area contributed by atoms with Crippen molar-refractivity contribution in [2.45, 2.75) is 25.8 Å². The maximum Gasteiger partial charge on any atom is 0.279 e. The molecular formula is C23H30N3O5+. The number of benzene rings is 2. The van der Waals surface area contributed by atoms with Crippen LogP contribution in [0.25, 0.3) is 0 Å². The maximum atomic E-state index is 12.9. The Morgan fingerprint density at radius 1 is 1.00 bits per heavy atom. The molecule has 31 heavy (non-hydrogen) atoms. The van der Waals surface area contributed by atoms with Crippen molar-refractivity contribution >= 4 is 23.2 Å². The zero-order chi connectivity index (χ0) is 22.4. The molecule has 3 rings (SSSR count). The maximum absolute atomic E-state index is 12.9. The lowest BCUT2D eigenvalue weighted by Gasteiger charge is -2.23. The minimum absolute atomic E-state index is 0.123. The van der Waals surface area contributed by atoms with Crippen LogP contribution in [0.3, 0.4) is 0 Å². The lowest BCUT2D eigenvalue weighted by molar-refractivity contribution is -0.910. The molecule has 2 aromatic rings. The first kappa shape index (κ1) is 22.4. The SMILES string of the molecule is COc1ccc(OC)c([C@H]2CCC[NH+]2CC(=O)Nc2cc(NC(C)=O)ccc2OC)c1. The standard InChI is InChI=1S/C23H29N3O5/c1-15(27)24-16-7-9-22(31-4)19(12-16)25-23(28)14-26-11-5-6-20(26)18-13-17(29-2)8-10-21(18)30-3/h7-10,12-13,20H,5-6,11,14H2,1-4H3,(H,24,27)(H,25,28)/p+1/t20-/m1/s1. The number of hydrogen-bond acceptors (Lipinski definition) is 5. The van der Waals surface area contributed by atoms with Gasteiger partial charge in [-0.15, -0.1) is 0 Å². The second kappa shape index (κ2) is 10.2. The number of anilines is 2. The Kier molecular flexibility index (Phi) is 7.36. The van der Waals surface area contributed by atoms with E-state index in [0.29, 0.717) is 23.7 Å². The topological polar surface area (TPSA) is 90.3 Å². The number of hydrogen-bond donors (Lipinski definition) is 3. The summed E-state index contributed by atoms with van der Waals surface area (Å²) in [7, 11) is 4.83. The van der Waals surface area contributed by atoms with E-state index in [1.807, 2.05) is 18.2 Å². The van der Waals surface area contributed by atoms with E-state index in [9.17, 15) is 9.59 Å². The summed E-state index contributed by atoms with van der Waals surface area (Å²) in [5, 5.41) is 5.65. The predicted molar refractivity (Wildman–Crippen MR) is 118 cm³/mol. The fourth-order valence-electron chi connectivity index (χ4n) is 4.10. The van der Waals surface area contributed by atoms with E-state index in [-0.39, 0.29) is 17.9 Å². The van der Waals surface area contributed by atoms with E-state index in [1.54, 1.807) is 39.5 Å². The van der Waals surface area contributed by atoms with Crippen molar-refractivity contribution in [3.8, 4) is 17.2 Å². The largest absolute Gasteiger partial charge is 0.497 e. The number of carbonyl (C=O) groups excluding carboxylic acids is 2. The van der Waals surface area contributed by atoms with Gasteiger partial charge in [0.1, 0.15) is 23.3 Å². The smallest absolute Gasteiger partial charge is 0.279 e. The van der Waals surface area contributed by atoms with Crippen LogP contribution in [-0.4, -0.2) is 46.2 Å². The molecule has 0 aliphatic carbocycles. The molecule has 2 amide bonds. The summed E-state index contributed by atoms with van der Waals surface area (Å²) in [5.41, 5.74) is 2.16. The molecule has 1 unspecified atom stereocenters. The Morgan fingerprint density at radius 3 is 2.42 bits per heavy atom. The van der Waals surface area contributed by atoms with E-state index in [4.69, 9.17) is 14.2 Å². The zero-order valence-electron chi connectivity index (χ0n) is 18.4. The normalized spacial score (nSPS) is 17.7. The van der Waals surface area contributed by atoms with Gasteiger partial charge >= 0.3 is 0 Å². The van der Waals surface area contributed by atoms with Gasteiger partial charge in [0.05, 0.1) is 39.1 Å². The highest BCUT2D eigenvalue weighted by Crippen LogP contribution is 2.32. The third kappa shape index (κ3) is 5.46. The zero-order valence-corrected chi connectivity index (χ0v) is 18.4. The fourth-order valence-corrected chi connectivity index (χ4v) is 4.10. The van der Waals surface area contributed by atoms with Gasteiger partial charge in [-0.25, -0.2) is 0 Å². The molecule has 0 saturated carbocycles. The summed E-state index contributed by atoms with van der Waals surface area (Å²) >= 11 is 0. The fraction of sp³-hybridized carbons (Fsp3) is 0.391. The molecule has 1 aliphatic rings. The molecule has 0 aromatic heterocycles. The molecule has 8 nitrogen and oxygen atoms in total. The Hall–Kier alpha value is -3.26. The van der Waals surface area contributed by atoms with Crippen molar-refractivity contribution in [2.24, 2.45) is 0 Å². The summed E-state index contributed by atoms with van der Waals surface area (Å²) in [6.45, 7) is 2.63. The Bertz CT molecular complexity index is 947. The van der Waals surface area contributed by atoms with Crippen LogP contribution in [-0.2, 0) is 9.59 Å². The molecule has 1 aliphatic heterocycles. The van der Waals surface area contributed by atoms with Crippen molar-refractivity contribution in [3.63, 3.8) is 0 Å². The highest BCUT2D eigenvalue weighted by Gasteiger charge is 2.34. The van der Waals surface area contributed by atoms with Crippen LogP contribution < -0.4 is 29.7 Å². The molecule has 0 spiro atoms. The summed E-state index contributed by atoms with van der Waals surface area (Å²) in [6, 6.07) is 11.1. The lowest BCUT2D eigenvalue weighted by Crippen LogP contribution is -3.11. The molecule has 3 N–H and O–H groups in total. The van der Waals surface area contributed by atoms with Gasteiger partial charge in [0.2, 0.25) is 5.91 Å². The molecule has 0 bridgehead atoms. The number of methoxy groups -OCH3 is 3. The van der Waals surface area contributed by atoms with Gasteiger partial charge in [0.25, 0.3) is 5.91 Å². The van der Waals surface area contributed by atoms with Crippen LogP contribution in [0, 0.1) is 0 Å². The van der Waals surface area contributed by atoms with E-state index < -0.39 is 0 Å². The average molecular weight is 429 g/mol. The number of quaternary nitrogens is 1. The van der Waals surface area contributed by atoms with Crippen LogP contribution in [0.15, 0.2) is 36.4 Å². The molecule has 1 saturated heterocycles. The molecule has 8 heteroatoms. The molecular weight excluding hydrogens is 398 g/mol. The van der Waals surface area contributed by atoms with Crippen molar-refractivity contribution in [1.82, 2.24) is 0 Å². The number of rotatable bonds is 8. The highest BCUT2D eigenvalue weighted by molar-refractivity contribution is 5.95. The van der Waals surface area contributed by atoms with Gasteiger partial charge in [0.15, 0.2) is 6.54 Å². The number of amides is 2. The van der Waals surface area contributed by atoms with E-state index >= 15 is 0 Å². The summed E-state index contributed by atoms with van der Waals surface area (Å²) in [6.07, 6.45) is 1.99. The Labute approximate surface area is 182 Å². The van der Waals surface area contributed by atoms with Crippen LogP contribution in [0.2, 0.25) is 0 Å². The minimum Gasteiger partial charge on any atom is -0.497 e. The summed E-state index contributed by atoms with van der Waals surface area (Å²) in [5.74, 6) is 1.80. The van der Waals surface area contributed by atoms with Gasteiger partial charge in [-0.1, -0.05) is 0 Å². The minimum atomic E-state index is -0.181. The Morgan fingerprint density at radius 2 is 1.74 bits per heavy atom. The van der Waals surface area contributed by atoms with Gasteiger partial charge in [-0.2, -0.15) is 0 Å². The first-order chi connectivity index (χ1) is 14.9. The second-order valence-corrected chi connectivity index (χ2v) is 7.53. The molecule has 166 valence electrons. The monoisotopic (exact) mass is 428 g/mol. The molecule has 1 heterocycles. The summed E-state index contributed by atoms with van der Waals surface area (Å²) in [4.78, 5) is 25.4. The number of carbonyl (C=O) groups is 2.